The van der Waals surface area contributed by atoms with Gasteiger partial charge in [0.05, 0.1) is 25.4 Å². The van der Waals surface area contributed by atoms with Gasteiger partial charge in [-0.1, -0.05) is 154 Å². The molecule has 1 saturated heterocycles. The van der Waals surface area contributed by atoms with Crippen LogP contribution in [0.5, 0.6) is 0 Å². The summed E-state index contributed by atoms with van der Waals surface area (Å²) in [5.41, 5.74) is 0. The molecule has 0 aromatic rings. The van der Waals surface area contributed by atoms with Crippen molar-refractivity contribution in [3.05, 3.63) is 12.2 Å². The minimum atomic E-state index is -1.66. The lowest BCUT2D eigenvalue weighted by Crippen LogP contribution is -2.60. The average Bonchev–Trinajstić information content (AvgIpc) is 3.16. The lowest BCUT2D eigenvalue weighted by Gasteiger charge is -2.40. The number of hydrogen-bond acceptors (Lipinski definition) is 10. The van der Waals surface area contributed by atoms with Gasteiger partial charge in [-0.2, -0.15) is 0 Å². The Morgan fingerprint density at radius 3 is 1.58 bits per heavy atom. The van der Waals surface area contributed by atoms with E-state index in [9.17, 15) is 40.5 Å². The molecule has 8 N–H and O–H groups in total. The molecular formula is C42H81NO10. The topological polar surface area (TPSA) is 189 Å². The number of hydrogen-bond donors (Lipinski definition) is 8. The van der Waals surface area contributed by atoms with Gasteiger partial charge in [0, 0.05) is 0 Å². The minimum Gasteiger partial charge on any atom is -0.394 e. The highest BCUT2D eigenvalue weighted by molar-refractivity contribution is 5.80. The van der Waals surface area contributed by atoms with E-state index in [1.165, 1.54) is 83.5 Å². The van der Waals surface area contributed by atoms with Crippen LogP contribution in [0.4, 0.5) is 0 Å². The van der Waals surface area contributed by atoms with Crippen LogP contribution in [0.2, 0.25) is 0 Å². The van der Waals surface area contributed by atoms with Gasteiger partial charge < -0.3 is 50.5 Å². The third-order valence-electron chi connectivity index (χ3n) is 10.6. The summed E-state index contributed by atoms with van der Waals surface area (Å²) in [6.07, 6.45) is 21.4. The van der Waals surface area contributed by atoms with Crippen LogP contribution >= 0.6 is 0 Å². The predicted molar refractivity (Wildman–Crippen MR) is 210 cm³/mol. The smallest absolute Gasteiger partial charge is 0.249 e. The maximum Gasteiger partial charge on any atom is 0.249 e. The molecule has 0 bridgehead atoms. The Bertz CT molecular complexity index is 877. The van der Waals surface area contributed by atoms with Crippen LogP contribution in [0.3, 0.4) is 0 Å². The zero-order valence-corrected chi connectivity index (χ0v) is 33.5. The number of carbonyl (C=O) groups excluding carboxylic acids is 1. The van der Waals surface area contributed by atoms with E-state index in [0.717, 1.165) is 57.8 Å². The van der Waals surface area contributed by atoms with Crippen molar-refractivity contribution in [2.75, 3.05) is 13.2 Å². The Morgan fingerprint density at radius 2 is 1.09 bits per heavy atom. The third-order valence-corrected chi connectivity index (χ3v) is 10.6. The number of allylic oxidation sites excluding steroid dienone is 2. The largest absolute Gasteiger partial charge is 0.394 e. The van der Waals surface area contributed by atoms with Crippen LogP contribution in [0, 0.1) is 0 Å². The van der Waals surface area contributed by atoms with E-state index in [0.29, 0.717) is 19.3 Å². The van der Waals surface area contributed by atoms with E-state index in [2.05, 4.69) is 31.3 Å². The molecule has 53 heavy (non-hydrogen) atoms. The standard InChI is InChI=1S/C42H81NO10/c1-3-5-7-9-11-13-14-15-16-17-18-19-20-21-22-24-25-27-29-34(45)37(47)33(32-52-42-40(50)39(49)38(48)36(31-44)53-42)43-41(51)35(46)30-28-26-23-12-10-8-6-4-2/h18-19,33-40,42,44-50H,3-17,20-32H2,1-2H3,(H,43,51)/b19-18+/t33?,34?,35?,36-,37?,38-,39+,40-,42-/m1/s1. The first-order valence-electron chi connectivity index (χ1n) is 21.6. The summed E-state index contributed by atoms with van der Waals surface area (Å²) in [4.78, 5) is 13.0. The summed E-state index contributed by atoms with van der Waals surface area (Å²) in [5, 5.41) is 75.3. The van der Waals surface area contributed by atoms with E-state index in [-0.39, 0.29) is 6.42 Å². The Morgan fingerprint density at radius 1 is 0.642 bits per heavy atom. The number of nitrogens with one attached hydrogen (secondary N) is 1. The third kappa shape index (κ3) is 23.5. The molecule has 11 nitrogen and oxygen atoms in total. The lowest BCUT2D eigenvalue weighted by atomic mass is 9.98. The molecule has 1 aliphatic heterocycles. The summed E-state index contributed by atoms with van der Waals surface area (Å²) in [6.45, 7) is 3.38. The SMILES string of the molecule is CCCCCCCCCCC/C=C/CCCCCCCC(O)C(O)C(CO[C@@H]1O[C@H](CO)[C@@H](O)[C@H](O)[C@H]1O)NC(=O)C(O)CCCCCCCCCC. The van der Waals surface area contributed by atoms with Crippen LogP contribution in [0.25, 0.3) is 0 Å². The summed E-state index contributed by atoms with van der Waals surface area (Å²) in [6, 6.07) is -1.17. The molecular weight excluding hydrogens is 678 g/mol. The molecule has 314 valence electrons. The number of amides is 1. The molecule has 4 unspecified atom stereocenters. The fourth-order valence-corrected chi connectivity index (χ4v) is 6.90. The van der Waals surface area contributed by atoms with Gasteiger partial charge in [-0.25, -0.2) is 0 Å². The van der Waals surface area contributed by atoms with E-state index in [1.54, 1.807) is 0 Å². The number of aliphatic hydroxyl groups excluding tert-OH is 7. The van der Waals surface area contributed by atoms with Gasteiger partial charge >= 0.3 is 0 Å². The normalized spacial score (nSPS) is 22.9. The van der Waals surface area contributed by atoms with Crippen LogP contribution in [-0.2, 0) is 14.3 Å². The zero-order chi connectivity index (χ0) is 39.1. The van der Waals surface area contributed by atoms with Crippen molar-refractivity contribution in [1.29, 1.82) is 0 Å². The van der Waals surface area contributed by atoms with Gasteiger partial charge in [-0.05, 0) is 38.5 Å². The molecule has 1 fully saturated rings. The van der Waals surface area contributed by atoms with Crippen molar-refractivity contribution < 1.29 is 50.0 Å². The van der Waals surface area contributed by atoms with Gasteiger partial charge in [0.1, 0.15) is 36.6 Å². The minimum absolute atomic E-state index is 0.259. The molecule has 0 saturated carbocycles. The zero-order valence-electron chi connectivity index (χ0n) is 33.5. The highest BCUT2D eigenvalue weighted by Crippen LogP contribution is 2.23. The molecule has 0 spiro atoms. The maximum atomic E-state index is 13.0. The first kappa shape index (κ1) is 49.9. The van der Waals surface area contributed by atoms with E-state index >= 15 is 0 Å². The molecule has 0 aromatic carbocycles. The summed E-state index contributed by atoms with van der Waals surface area (Å²) >= 11 is 0. The summed E-state index contributed by atoms with van der Waals surface area (Å²) in [7, 11) is 0. The van der Waals surface area contributed by atoms with Gasteiger partial charge in [-0.15, -0.1) is 0 Å². The second-order valence-electron chi connectivity index (χ2n) is 15.4. The summed E-state index contributed by atoms with van der Waals surface area (Å²) in [5.74, 6) is -0.705. The molecule has 1 amide bonds. The van der Waals surface area contributed by atoms with Crippen LogP contribution in [0.15, 0.2) is 12.2 Å². The molecule has 11 heteroatoms. The number of rotatable bonds is 35. The van der Waals surface area contributed by atoms with Crippen molar-refractivity contribution in [1.82, 2.24) is 5.32 Å². The molecule has 1 rings (SSSR count). The quantitative estimate of drug-likeness (QED) is 0.0277. The first-order chi connectivity index (χ1) is 25.7. The lowest BCUT2D eigenvalue weighted by molar-refractivity contribution is -0.303. The Kier molecular flexibility index (Phi) is 31.1. The monoisotopic (exact) mass is 760 g/mol. The predicted octanol–water partition coefficient (Wildman–Crippen LogP) is 6.11. The fourth-order valence-electron chi connectivity index (χ4n) is 6.90. The molecule has 1 aliphatic rings. The van der Waals surface area contributed by atoms with Crippen molar-refractivity contribution >= 4 is 5.91 Å². The average molecular weight is 760 g/mol. The van der Waals surface area contributed by atoms with Crippen molar-refractivity contribution in [3.8, 4) is 0 Å². The van der Waals surface area contributed by atoms with E-state index < -0.39 is 74.2 Å². The Labute approximate surface area is 322 Å². The number of carbonyl (C=O) groups is 1. The van der Waals surface area contributed by atoms with Crippen molar-refractivity contribution in [2.45, 2.75) is 236 Å². The highest BCUT2D eigenvalue weighted by atomic mass is 16.7. The molecule has 0 aliphatic carbocycles. The maximum absolute atomic E-state index is 13.0. The van der Waals surface area contributed by atoms with Crippen LogP contribution in [-0.4, -0.2) is 110 Å². The Hall–Kier alpha value is -1.15. The highest BCUT2D eigenvalue weighted by Gasteiger charge is 2.44. The van der Waals surface area contributed by atoms with Crippen LogP contribution < -0.4 is 5.32 Å². The Balaban J connectivity index is 2.46. The van der Waals surface area contributed by atoms with E-state index in [1.807, 2.05) is 0 Å². The van der Waals surface area contributed by atoms with Gasteiger partial charge in [0.25, 0.3) is 0 Å². The molecule has 0 radical (unpaired) electrons. The first-order valence-corrected chi connectivity index (χ1v) is 21.6. The van der Waals surface area contributed by atoms with Crippen molar-refractivity contribution in [3.63, 3.8) is 0 Å². The number of ether oxygens (including phenoxy) is 2. The van der Waals surface area contributed by atoms with Gasteiger partial charge in [-0.3, -0.25) is 4.79 Å². The second kappa shape index (κ2) is 33.0. The number of unbranched alkanes of at least 4 members (excludes halogenated alkanes) is 21. The number of aliphatic hydroxyl groups is 7. The van der Waals surface area contributed by atoms with Gasteiger partial charge in [0.2, 0.25) is 5.91 Å². The fraction of sp³-hybridized carbons (Fsp3) is 0.929. The molecule has 1 heterocycles. The van der Waals surface area contributed by atoms with Crippen LogP contribution in [0.1, 0.15) is 181 Å². The summed E-state index contributed by atoms with van der Waals surface area (Å²) < 4.78 is 11.0. The molecule has 9 atom stereocenters. The van der Waals surface area contributed by atoms with Crippen molar-refractivity contribution in [2.24, 2.45) is 0 Å². The van der Waals surface area contributed by atoms with E-state index in [4.69, 9.17) is 9.47 Å². The van der Waals surface area contributed by atoms with Gasteiger partial charge in [0.15, 0.2) is 6.29 Å². The second-order valence-corrected chi connectivity index (χ2v) is 15.4. The molecule has 0 aromatic heterocycles.